The SMILES string of the molecule is CC(C)c1ncc(C(=O)NCCN2CCCC[C@H]2CO)cn1. The minimum Gasteiger partial charge on any atom is -0.395 e. The number of carbonyl (C=O) groups is 1. The third-order valence-corrected chi connectivity index (χ3v) is 4.09. The molecule has 2 rings (SSSR count). The van der Waals surface area contributed by atoms with Gasteiger partial charge in [-0.25, -0.2) is 9.97 Å². The Morgan fingerprint density at radius 1 is 1.41 bits per heavy atom. The van der Waals surface area contributed by atoms with Gasteiger partial charge in [-0.1, -0.05) is 20.3 Å². The standard InChI is InChI=1S/C16H26N4O2/c1-12(2)15-18-9-13(10-19-15)16(22)17-6-8-20-7-4-3-5-14(20)11-21/h9-10,12,14,21H,3-8,11H2,1-2H3,(H,17,22)/t14-/m0/s1. The number of nitrogens with zero attached hydrogens (tertiary/aromatic N) is 3. The first-order valence-electron chi connectivity index (χ1n) is 8.07. The number of amides is 1. The van der Waals surface area contributed by atoms with E-state index in [9.17, 15) is 9.90 Å². The summed E-state index contributed by atoms with van der Waals surface area (Å²) in [6.45, 7) is 6.56. The Balaban J connectivity index is 1.79. The van der Waals surface area contributed by atoms with E-state index < -0.39 is 0 Å². The van der Waals surface area contributed by atoms with Crippen LogP contribution in [0, 0.1) is 0 Å². The Kier molecular flexibility index (Phi) is 6.27. The summed E-state index contributed by atoms with van der Waals surface area (Å²) in [5, 5.41) is 12.3. The molecule has 0 bridgehead atoms. The molecule has 122 valence electrons. The van der Waals surface area contributed by atoms with Crippen LogP contribution in [0.4, 0.5) is 0 Å². The molecular weight excluding hydrogens is 280 g/mol. The quantitative estimate of drug-likeness (QED) is 0.825. The molecule has 0 radical (unpaired) electrons. The van der Waals surface area contributed by atoms with Crippen molar-refractivity contribution in [3.8, 4) is 0 Å². The number of aromatic nitrogens is 2. The topological polar surface area (TPSA) is 78.4 Å². The Labute approximate surface area is 132 Å². The smallest absolute Gasteiger partial charge is 0.254 e. The lowest BCUT2D eigenvalue weighted by Crippen LogP contribution is -2.45. The van der Waals surface area contributed by atoms with Crippen LogP contribution in [0.15, 0.2) is 12.4 Å². The monoisotopic (exact) mass is 306 g/mol. The molecule has 1 saturated heterocycles. The number of likely N-dealkylation sites (tertiary alicyclic amines) is 1. The van der Waals surface area contributed by atoms with E-state index in [4.69, 9.17) is 0 Å². The average Bonchev–Trinajstić information content (AvgIpc) is 2.55. The Morgan fingerprint density at radius 3 is 2.77 bits per heavy atom. The van der Waals surface area contributed by atoms with Gasteiger partial charge in [0.15, 0.2) is 0 Å². The Morgan fingerprint density at radius 2 is 2.14 bits per heavy atom. The lowest BCUT2D eigenvalue weighted by molar-refractivity contribution is 0.0849. The van der Waals surface area contributed by atoms with E-state index in [2.05, 4.69) is 20.2 Å². The highest BCUT2D eigenvalue weighted by atomic mass is 16.3. The van der Waals surface area contributed by atoms with Gasteiger partial charge >= 0.3 is 0 Å². The van der Waals surface area contributed by atoms with Crippen molar-refractivity contribution in [3.63, 3.8) is 0 Å². The minimum absolute atomic E-state index is 0.145. The maximum Gasteiger partial charge on any atom is 0.254 e. The number of aliphatic hydroxyl groups is 1. The van der Waals surface area contributed by atoms with E-state index in [1.54, 1.807) is 12.4 Å². The van der Waals surface area contributed by atoms with Gasteiger partial charge in [-0.3, -0.25) is 9.69 Å². The van der Waals surface area contributed by atoms with Gasteiger partial charge in [0.05, 0.1) is 12.2 Å². The van der Waals surface area contributed by atoms with Crippen LogP contribution in [-0.4, -0.2) is 58.2 Å². The molecule has 1 aromatic rings. The van der Waals surface area contributed by atoms with Crippen molar-refractivity contribution < 1.29 is 9.90 Å². The van der Waals surface area contributed by atoms with Crippen LogP contribution in [0.2, 0.25) is 0 Å². The largest absolute Gasteiger partial charge is 0.395 e. The second-order valence-corrected chi connectivity index (χ2v) is 6.11. The highest BCUT2D eigenvalue weighted by Crippen LogP contribution is 2.15. The fourth-order valence-corrected chi connectivity index (χ4v) is 2.73. The van der Waals surface area contributed by atoms with Crippen molar-refractivity contribution >= 4 is 5.91 Å². The van der Waals surface area contributed by atoms with Gasteiger partial charge in [0.2, 0.25) is 0 Å². The van der Waals surface area contributed by atoms with Crippen LogP contribution in [-0.2, 0) is 0 Å². The van der Waals surface area contributed by atoms with Crippen molar-refractivity contribution in [1.82, 2.24) is 20.2 Å². The summed E-state index contributed by atoms with van der Waals surface area (Å²) in [6.07, 6.45) is 6.53. The molecule has 2 N–H and O–H groups in total. The van der Waals surface area contributed by atoms with Crippen molar-refractivity contribution in [2.75, 3.05) is 26.2 Å². The number of rotatable bonds is 6. The molecule has 6 heteroatoms. The van der Waals surface area contributed by atoms with Crippen LogP contribution in [0.5, 0.6) is 0 Å². The van der Waals surface area contributed by atoms with Crippen LogP contribution in [0.25, 0.3) is 0 Å². The van der Waals surface area contributed by atoms with Crippen LogP contribution < -0.4 is 5.32 Å². The molecule has 1 aromatic heterocycles. The average molecular weight is 306 g/mol. The zero-order chi connectivity index (χ0) is 15.9. The summed E-state index contributed by atoms with van der Waals surface area (Å²) < 4.78 is 0. The van der Waals surface area contributed by atoms with Crippen molar-refractivity contribution in [1.29, 1.82) is 0 Å². The van der Waals surface area contributed by atoms with E-state index in [0.29, 0.717) is 12.1 Å². The molecule has 1 amide bonds. The van der Waals surface area contributed by atoms with E-state index in [0.717, 1.165) is 31.8 Å². The lowest BCUT2D eigenvalue weighted by atomic mass is 10.0. The Bertz CT molecular complexity index is 476. The highest BCUT2D eigenvalue weighted by molar-refractivity contribution is 5.93. The molecule has 1 fully saturated rings. The molecule has 0 saturated carbocycles. The second-order valence-electron chi connectivity index (χ2n) is 6.11. The first-order chi connectivity index (χ1) is 10.6. The molecule has 0 unspecified atom stereocenters. The molecule has 1 aliphatic heterocycles. The maximum absolute atomic E-state index is 12.1. The molecule has 0 spiro atoms. The Hall–Kier alpha value is -1.53. The first-order valence-corrected chi connectivity index (χ1v) is 8.07. The number of piperidine rings is 1. The highest BCUT2D eigenvalue weighted by Gasteiger charge is 2.21. The predicted octanol–water partition coefficient (Wildman–Crippen LogP) is 1.18. The van der Waals surface area contributed by atoms with Gasteiger partial charge in [0.25, 0.3) is 5.91 Å². The molecule has 6 nitrogen and oxygen atoms in total. The van der Waals surface area contributed by atoms with Gasteiger partial charge in [0, 0.05) is 37.4 Å². The molecule has 1 atom stereocenters. The van der Waals surface area contributed by atoms with Crippen LogP contribution in [0.3, 0.4) is 0 Å². The summed E-state index contributed by atoms with van der Waals surface area (Å²) in [6, 6.07) is 0.235. The van der Waals surface area contributed by atoms with E-state index >= 15 is 0 Å². The molecule has 22 heavy (non-hydrogen) atoms. The van der Waals surface area contributed by atoms with Gasteiger partial charge in [0.1, 0.15) is 5.82 Å². The number of hydrogen-bond acceptors (Lipinski definition) is 5. The summed E-state index contributed by atoms with van der Waals surface area (Å²) in [5.74, 6) is 0.857. The lowest BCUT2D eigenvalue weighted by Gasteiger charge is -2.34. The van der Waals surface area contributed by atoms with Gasteiger partial charge in [-0.15, -0.1) is 0 Å². The van der Waals surface area contributed by atoms with Crippen molar-refractivity contribution in [3.05, 3.63) is 23.8 Å². The number of nitrogens with one attached hydrogen (secondary N) is 1. The van der Waals surface area contributed by atoms with Crippen LogP contribution in [0.1, 0.15) is 55.2 Å². The van der Waals surface area contributed by atoms with Crippen LogP contribution >= 0.6 is 0 Å². The predicted molar refractivity (Wildman–Crippen MR) is 84.8 cm³/mol. The third-order valence-electron chi connectivity index (χ3n) is 4.09. The zero-order valence-corrected chi connectivity index (χ0v) is 13.5. The van der Waals surface area contributed by atoms with E-state index in [-0.39, 0.29) is 24.5 Å². The first kappa shape index (κ1) is 16.8. The van der Waals surface area contributed by atoms with Crippen molar-refractivity contribution in [2.24, 2.45) is 0 Å². The molecule has 0 aliphatic carbocycles. The van der Waals surface area contributed by atoms with Gasteiger partial charge < -0.3 is 10.4 Å². The molecule has 1 aliphatic rings. The summed E-state index contributed by atoms with van der Waals surface area (Å²) in [7, 11) is 0. The normalized spacial score (nSPS) is 19.4. The third kappa shape index (κ3) is 4.48. The number of aliphatic hydroxyl groups excluding tert-OH is 1. The summed E-state index contributed by atoms with van der Waals surface area (Å²) in [4.78, 5) is 22.7. The van der Waals surface area contributed by atoms with Gasteiger partial charge in [-0.05, 0) is 19.4 Å². The second kappa shape index (κ2) is 8.19. The molecule has 0 aromatic carbocycles. The molecular formula is C16H26N4O2. The molecule has 2 heterocycles. The zero-order valence-electron chi connectivity index (χ0n) is 13.5. The van der Waals surface area contributed by atoms with Crippen molar-refractivity contribution in [2.45, 2.75) is 45.1 Å². The van der Waals surface area contributed by atoms with E-state index in [1.165, 1.54) is 6.42 Å². The maximum atomic E-state index is 12.1. The van der Waals surface area contributed by atoms with E-state index in [1.807, 2.05) is 13.8 Å². The minimum atomic E-state index is -0.145. The summed E-state index contributed by atoms with van der Waals surface area (Å²) in [5.41, 5.74) is 0.488. The fraction of sp³-hybridized carbons (Fsp3) is 0.688. The number of carbonyl (C=O) groups excluding carboxylic acids is 1. The summed E-state index contributed by atoms with van der Waals surface area (Å²) >= 11 is 0. The fourth-order valence-electron chi connectivity index (χ4n) is 2.73. The van der Waals surface area contributed by atoms with Gasteiger partial charge in [-0.2, -0.15) is 0 Å². The number of hydrogen-bond donors (Lipinski definition) is 2.